The second-order valence-corrected chi connectivity index (χ2v) is 25.7. The van der Waals surface area contributed by atoms with E-state index in [0.29, 0.717) is 0 Å². The molecule has 498 valence electrons. The summed E-state index contributed by atoms with van der Waals surface area (Å²) >= 11 is 0. The monoisotopic (exact) mass is 1200 g/mol. The van der Waals surface area contributed by atoms with E-state index in [1.807, 2.05) is 6.08 Å². The zero-order valence-electron chi connectivity index (χ0n) is 54.2. The van der Waals surface area contributed by atoms with Gasteiger partial charge in [-0.1, -0.05) is 321 Å². The fraction of sp³-hybridized carbons (Fsp3) is 0.957. The molecule has 9 N–H and O–H groups in total. The SMILES string of the molecule is CCCCCCCCCCCCCCCCCCC/C=C/C(O)C(COC1OC(CO)C(OC2OC(CO)C(O)C(O)C2O)C(O)C1O)NC(=O)CCCCCCCCCCCCCCCCCCCCCCCCCCCCCCCCC. The van der Waals surface area contributed by atoms with Gasteiger partial charge in [-0.2, -0.15) is 0 Å². The van der Waals surface area contributed by atoms with Crippen molar-refractivity contribution >= 4 is 5.91 Å². The number of aliphatic hydroxyl groups is 8. The lowest BCUT2D eigenvalue weighted by Gasteiger charge is -2.46. The first-order chi connectivity index (χ1) is 41.1. The van der Waals surface area contributed by atoms with Gasteiger partial charge in [-0.05, 0) is 19.3 Å². The van der Waals surface area contributed by atoms with Gasteiger partial charge >= 0.3 is 0 Å². The molecule has 12 atom stereocenters. The summed E-state index contributed by atoms with van der Waals surface area (Å²) in [6.45, 7) is 2.86. The molecule has 0 radical (unpaired) electrons. The van der Waals surface area contributed by atoms with Crippen LogP contribution in [-0.2, 0) is 23.7 Å². The van der Waals surface area contributed by atoms with Crippen molar-refractivity contribution in [2.45, 2.75) is 408 Å². The van der Waals surface area contributed by atoms with Crippen LogP contribution in [0.25, 0.3) is 0 Å². The number of allylic oxidation sites excluding steroid dienone is 1. The first kappa shape index (κ1) is 78.8. The first-order valence-corrected chi connectivity index (χ1v) is 35.9. The quantitative estimate of drug-likeness (QED) is 0.0204. The summed E-state index contributed by atoms with van der Waals surface area (Å²) in [5, 5.41) is 87.4. The van der Waals surface area contributed by atoms with Crippen LogP contribution in [0.15, 0.2) is 12.2 Å². The van der Waals surface area contributed by atoms with E-state index in [-0.39, 0.29) is 18.9 Å². The Bertz CT molecular complexity index is 1460. The summed E-state index contributed by atoms with van der Waals surface area (Å²) in [4.78, 5) is 13.3. The summed E-state index contributed by atoms with van der Waals surface area (Å²) in [6.07, 6.45) is 51.3. The van der Waals surface area contributed by atoms with Crippen molar-refractivity contribution in [1.82, 2.24) is 5.32 Å². The molecule has 2 heterocycles. The van der Waals surface area contributed by atoms with Crippen molar-refractivity contribution in [3.8, 4) is 0 Å². The number of aliphatic hydroxyl groups excluding tert-OH is 8. The molecule has 12 unspecified atom stereocenters. The lowest BCUT2D eigenvalue weighted by molar-refractivity contribution is -0.359. The van der Waals surface area contributed by atoms with Crippen molar-refractivity contribution in [2.24, 2.45) is 0 Å². The highest BCUT2D eigenvalue weighted by Crippen LogP contribution is 2.30. The van der Waals surface area contributed by atoms with Crippen molar-refractivity contribution < 1.29 is 64.6 Å². The number of amides is 1. The Kier molecular flexibility index (Phi) is 52.3. The Labute approximate surface area is 514 Å². The van der Waals surface area contributed by atoms with Crippen LogP contribution in [0.4, 0.5) is 0 Å². The first-order valence-electron chi connectivity index (χ1n) is 35.9. The minimum atomic E-state index is -1.79. The number of unbranched alkanes of at least 4 members (excludes halogenated alkanes) is 47. The van der Waals surface area contributed by atoms with E-state index in [0.717, 1.165) is 44.9 Å². The summed E-state index contributed by atoms with van der Waals surface area (Å²) in [5.74, 6) is -0.231. The molecule has 0 saturated carbocycles. The molecular formula is C70H135NO13. The van der Waals surface area contributed by atoms with Crippen LogP contribution >= 0.6 is 0 Å². The molecule has 2 fully saturated rings. The molecule has 14 nitrogen and oxygen atoms in total. The maximum absolute atomic E-state index is 13.3. The molecule has 2 aliphatic rings. The zero-order chi connectivity index (χ0) is 60.9. The third-order valence-electron chi connectivity index (χ3n) is 18.0. The van der Waals surface area contributed by atoms with E-state index in [9.17, 15) is 45.6 Å². The molecule has 84 heavy (non-hydrogen) atoms. The van der Waals surface area contributed by atoms with Gasteiger partial charge in [0.15, 0.2) is 12.6 Å². The smallest absolute Gasteiger partial charge is 0.220 e. The molecule has 0 bridgehead atoms. The van der Waals surface area contributed by atoms with Crippen LogP contribution in [0.1, 0.15) is 335 Å². The van der Waals surface area contributed by atoms with Crippen LogP contribution in [0, 0.1) is 0 Å². The molecular weight excluding hydrogens is 1060 g/mol. The standard InChI is InChI=1S/C70H135NO13/c1-3-5-7-9-11-13-15-17-19-21-23-24-25-26-27-28-29-30-31-32-33-34-36-38-40-42-44-46-48-50-52-54-62(75)71-58(59(74)53-51-49-47-45-43-41-39-37-35-22-20-18-16-14-12-10-8-6-4-2)57-81-69-67(80)65(78)68(61(56-73)83-69)84-70-66(79)64(77)63(76)60(55-72)82-70/h51,53,58-61,63-70,72-74,76-80H,3-50,52,54-57H2,1-2H3,(H,71,75)/b53-51+. The maximum atomic E-state index is 13.3. The highest BCUT2D eigenvalue weighted by atomic mass is 16.7. The van der Waals surface area contributed by atoms with Gasteiger partial charge in [0.25, 0.3) is 0 Å². The molecule has 14 heteroatoms. The third kappa shape index (κ3) is 39.7. The molecule has 0 aromatic carbocycles. The maximum Gasteiger partial charge on any atom is 0.220 e. The van der Waals surface area contributed by atoms with E-state index in [1.54, 1.807) is 6.08 Å². The Morgan fingerprint density at radius 1 is 0.417 bits per heavy atom. The summed E-state index contributed by atoms with van der Waals surface area (Å²) in [6, 6.07) is -0.911. The third-order valence-corrected chi connectivity index (χ3v) is 18.0. The molecule has 0 spiro atoms. The average molecular weight is 1200 g/mol. The van der Waals surface area contributed by atoms with E-state index >= 15 is 0 Å². The molecule has 2 aliphatic heterocycles. The fourth-order valence-corrected chi connectivity index (χ4v) is 12.2. The largest absolute Gasteiger partial charge is 0.394 e. The number of nitrogens with one attached hydrogen (secondary N) is 1. The highest BCUT2D eigenvalue weighted by Gasteiger charge is 2.51. The van der Waals surface area contributed by atoms with Crippen LogP contribution in [0.2, 0.25) is 0 Å². The molecule has 1 amide bonds. The number of hydrogen-bond donors (Lipinski definition) is 9. The summed E-state index contributed by atoms with van der Waals surface area (Å²) < 4.78 is 22.9. The van der Waals surface area contributed by atoms with E-state index in [4.69, 9.17) is 18.9 Å². The predicted molar refractivity (Wildman–Crippen MR) is 342 cm³/mol. The van der Waals surface area contributed by atoms with Gasteiger partial charge in [0, 0.05) is 6.42 Å². The van der Waals surface area contributed by atoms with Crippen molar-refractivity contribution in [3.05, 3.63) is 12.2 Å². The highest BCUT2D eigenvalue weighted by molar-refractivity contribution is 5.76. The molecule has 0 aromatic rings. The number of carbonyl (C=O) groups is 1. The zero-order valence-corrected chi connectivity index (χ0v) is 54.2. The lowest BCUT2D eigenvalue weighted by atomic mass is 9.97. The second kappa shape index (κ2) is 55.8. The molecule has 0 aliphatic carbocycles. The number of rotatable bonds is 60. The Morgan fingerprint density at radius 3 is 1.10 bits per heavy atom. The van der Waals surface area contributed by atoms with Gasteiger partial charge in [-0.25, -0.2) is 0 Å². The number of hydrogen-bond acceptors (Lipinski definition) is 13. The van der Waals surface area contributed by atoms with Gasteiger partial charge in [0.2, 0.25) is 5.91 Å². The van der Waals surface area contributed by atoms with E-state index < -0.39 is 86.8 Å². The van der Waals surface area contributed by atoms with Crippen LogP contribution in [-0.4, -0.2) is 140 Å². The fourth-order valence-electron chi connectivity index (χ4n) is 12.2. The van der Waals surface area contributed by atoms with Gasteiger partial charge < -0.3 is 65.1 Å². The van der Waals surface area contributed by atoms with Gasteiger partial charge in [-0.3, -0.25) is 4.79 Å². The lowest BCUT2D eigenvalue weighted by Crippen LogP contribution is -2.65. The van der Waals surface area contributed by atoms with E-state index in [1.165, 1.54) is 270 Å². The van der Waals surface area contributed by atoms with Gasteiger partial charge in [0.05, 0.1) is 32.0 Å². The molecule has 2 saturated heterocycles. The molecule has 2 rings (SSSR count). The topological polar surface area (TPSA) is 228 Å². The minimum absolute atomic E-state index is 0.231. The second-order valence-electron chi connectivity index (χ2n) is 25.7. The van der Waals surface area contributed by atoms with Crippen LogP contribution < -0.4 is 5.32 Å². The summed E-state index contributed by atoms with van der Waals surface area (Å²) in [5.41, 5.74) is 0. The van der Waals surface area contributed by atoms with Gasteiger partial charge in [0.1, 0.15) is 48.8 Å². The van der Waals surface area contributed by atoms with E-state index in [2.05, 4.69) is 19.2 Å². The Hall–Kier alpha value is -1.27. The average Bonchev–Trinajstić information content (AvgIpc) is 3.50. The number of carbonyl (C=O) groups excluding carboxylic acids is 1. The molecule has 0 aromatic heterocycles. The Balaban J connectivity index is 1.64. The Morgan fingerprint density at radius 2 is 0.738 bits per heavy atom. The van der Waals surface area contributed by atoms with Crippen molar-refractivity contribution in [1.29, 1.82) is 0 Å². The van der Waals surface area contributed by atoms with Gasteiger partial charge in [-0.15, -0.1) is 0 Å². The summed E-state index contributed by atoms with van der Waals surface area (Å²) in [7, 11) is 0. The number of ether oxygens (including phenoxy) is 4. The normalized spacial score (nSPS) is 23.6. The van der Waals surface area contributed by atoms with Crippen molar-refractivity contribution in [2.75, 3.05) is 19.8 Å². The van der Waals surface area contributed by atoms with Crippen molar-refractivity contribution in [3.63, 3.8) is 0 Å². The van der Waals surface area contributed by atoms with Crippen LogP contribution in [0.3, 0.4) is 0 Å². The minimum Gasteiger partial charge on any atom is -0.394 e. The van der Waals surface area contributed by atoms with Crippen LogP contribution in [0.5, 0.6) is 0 Å². The predicted octanol–water partition coefficient (Wildman–Crippen LogP) is 14.6.